The van der Waals surface area contributed by atoms with Crippen molar-refractivity contribution in [3.63, 3.8) is 0 Å². The molecule has 1 aromatic rings. The number of amides is 1. The summed E-state index contributed by atoms with van der Waals surface area (Å²) in [6.45, 7) is 10.6. The third-order valence-electron chi connectivity index (χ3n) is 7.20. The largest absolute Gasteiger partial charge is 0.356 e. The van der Waals surface area contributed by atoms with Crippen molar-refractivity contribution in [2.45, 2.75) is 58.3 Å². The van der Waals surface area contributed by atoms with Crippen LogP contribution in [0.2, 0.25) is 0 Å². The molecule has 0 bridgehead atoms. The predicted molar refractivity (Wildman–Crippen MR) is 125 cm³/mol. The van der Waals surface area contributed by atoms with E-state index in [2.05, 4.69) is 49.3 Å². The summed E-state index contributed by atoms with van der Waals surface area (Å²) in [5, 5.41) is 12.1. The summed E-state index contributed by atoms with van der Waals surface area (Å²) in [4.78, 5) is 19.7. The summed E-state index contributed by atoms with van der Waals surface area (Å²) >= 11 is 0. The number of nitrogens with one attached hydrogen (secondary N) is 1. The van der Waals surface area contributed by atoms with Crippen LogP contribution in [0.1, 0.15) is 58.3 Å². The van der Waals surface area contributed by atoms with Gasteiger partial charge in [0.15, 0.2) is 11.6 Å². The van der Waals surface area contributed by atoms with Crippen molar-refractivity contribution in [2.75, 3.05) is 62.2 Å². The maximum absolute atomic E-state index is 12.6. The number of anilines is 2. The highest BCUT2D eigenvalue weighted by atomic mass is 16.1. The van der Waals surface area contributed by atoms with Crippen molar-refractivity contribution in [3.05, 3.63) is 12.1 Å². The zero-order valence-electron chi connectivity index (χ0n) is 19.3. The van der Waals surface area contributed by atoms with Crippen molar-refractivity contribution in [1.29, 1.82) is 0 Å². The van der Waals surface area contributed by atoms with Crippen LogP contribution in [0, 0.1) is 11.8 Å². The monoisotopic (exact) mass is 428 g/mol. The molecule has 3 saturated heterocycles. The minimum Gasteiger partial charge on any atom is -0.356 e. The molecule has 1 N–H and O–H groups in total. The summed E-state index contributed by atoms with van der Waals surface area (Å²) in [5.41, 5.74) is 0. The highest BCUT2D eigenvalue weighted by molar-refractivity contribution is 5.78. The van der Waals surface area contributed by atoms with Gasteiger partial charge >= 0.3 is 0 Å². The number of hydrogen-bond acceptors (Lipinski definition) is 6. The lowest BCUT2D eigenvalue weighted by molar-refractivity contribution is -0.125. The fourth-order valence-electron chi connectivity index (χ4n) is 5.30. The van der Waals surface area contributed by atoms with E-state index in [1.165, 1.54) is 45.2 Å². The Morgan fingerprint density at radius 2 is 1.61 bits per heavy atom. The Morgan fingerprint density at radius 3 is 2.26 bits per heavy atom. The van der Waals surface area contributed by atoms with Crippen molar-refractivity contribution >= 4 is 17.5 Å². The minimum absolute atomic E-state index is 0.131. The van der Waals surface area contributed by atoms with Gasteiger partial charge in [0.25, 0.3) is 0 Å². The molecule has 7 heteroatoms. The molecule has 0 saturated carbocycles. The first-order valence-electron chi connectivity index (χ1n) is 12.5. The zero-order valence-corrected chi connectivity index (χ0v) is 19.3. The van der Waals surface area contributed by atoms with Crippen molar-refractivity contribution in [3.8, 4) is 0 Å². The first kappa shape index (κ1) is 22.3. The van der Waals surface area contributed by atoms with E-state index in [4.69, 9.17) is 0 Å². The molecule has 4 heterocycles. The average molecular weight is 429 g/mol. The molecule has 0 unspecified atom stereocenters. The van der Waals surface area contributed by atoms with Gasteiger partial charge in [-0.2, -0.15) is 0 Å². The van der Waals surface area contributed by atoms with E-state index in [9.17, 15) is 4.79 Å². The number of nitrogens with zero attached hydrogens (tertiary/aromatic N) is 5. The number of hydrogen-bond donors (Lipinski definition) is 1. The second kappa shape index (κ2) is 11.1. The number of piperidine rings is 3. The minimum atomic E-state index is 0.131. The highest BCUT2D eigenvalue weighted by Crippen LogP contribution is 2.24. The maximum atomic E-state index is 12.6. The van der Waals surface area contributed by atoms with E-state index in [1.54, 1.807) is 0 Å². The molecule has 3 aliphatic heterocycles. The molecular formula is C24H40N6O. The number of likely N-dealkylation sites (tertiary alicyclic amines) is 1. The van der Waals surface area contributed by atoms with Crippen LogP contribution < -0.4 is 15.1 Å². The van der Waals surface area contributed by atoms with Crippen molar-refractivity contribution in [2.24, 2.45) is 11.8 Å². The number of aromatic nitrogens is 2. The van der Waals surface area contributed by atoms with Crippen molar-refractivity contribution < 1.29 is 4.79 Å². The Kier molecular flexibility index (Phi) is 8.00. The quantitative estimate of drug-likeness (QED) is 0.674. The molecule has 172 valence electrons. The zero-order chi connectivity index (χ0) is 21.5. The van der Waals surface area contributed by atoms with Gasteiger partial charge in [0.05, 0.1) is 0 Å². The van der Waals surface area contributed by atoms with Crippen LogP contribution in [-0.2, 0) is 4.79 Å². The van der Waals surface area contributed by atoms with Gasteiger partial charge in [0, 0.05) is 45.2 Å². The highest BCUT2D eigenvalue weighted by Gasteiger charge is 2.26. The Balaban J connectivity index is 1.15. The van der Waals surface area contributed by atoms with Crippen LogP contribution in [0.4, 0.5) is 11.6 Å². The third kappa shape index (κ3) is 6.31. The molecule has 0 aliphatic carbocycles. The summed E-state index contributed by atoms with van der Waals surface area (Å²) in [6.07, 6.45) is 9.33. The second-order valence-corrected chi connectivity index (χ2v) is 9.75. The second-order valence-electron chi connectivity index (χ2n) is 9.75. The SMILES string of the molecule is C[C@@H]1CCCN(CCCNC(=O)C2CCN(c3ccc(N4CCCCC4)nn3)CC2)C1. The molecule has 0 spiro atoms. The molecule has 0 radical (unpaired) electrons. The molecule has 7 nitrogen and oxygen atoms in total. The molecule has 3 fully saturated rings. The first-order chi connectivity index (χ1) is 15.2. The fraction of sp³-hybridized carbons (Fsp3) is 0.792. The van der Waals surface area contributed by atoms with E-state index in [0.717, 1.165) is 76.1 Å². The summed E-state index contributed by atoms with van der Waals surface area (Å²) in [7, 11) is 0. The lowest BCUT2D eigenvalue weighted by Gasteiger charge is -2.32. The van der Waals surface area contributed by atoms with Crippen LogP contribution >= 0.6 is 0 Å². The van der Waals surface area contributed by atoms with Crippen LogP contribution in [0.3, 0.4) is 0 Å². The summed E-state index contributed by atoms with van der Waals surface area (Å²) in [5.74, 6) is 3.12. The van der Waals surface area contributed by atoms with Crippen LogP contribution in [0.25, 0.3) is 0 Å². The average Bonchev–Trinajstić information content (AvgIpc) is 2.82. The molecule has 1 atom stereocenters. The van der Waals surface area contributed by atoms with E-state index in [-0.39, 0.29) is 11.8 Å². The number of carbonyl (C=O) groups is 1. The van der Waals surface area contributed by atoms with E-state index >= 15 is 0 Å². The Bertz CT molecular complexity index is 682. The Hall–Kier alpha value is -1.89. The summed E-state index contributed by atoms with van der Waals surface area (Å²) < 4.78 is 0. The van der Waals surface area contributed by atoms with Gasteiger partial charge in [-0.25, -0.2) is 0 Å². The lowest BCUT2D eigenvalue weighted by atomic mass is 9.96. The van der Waals surface area contributed by atoms with Gasteiger partial charge in [-0.15, -0.1) is 10.2 Å². The lowest BCUT2D eigenvalue weighted by Crippen LogP contribution is -2.42. The molecule has 3 aliphatic rings. The van der Waals surface area contributed by atoms with Crippen LogP contribution in [-0.4, -0.2) is 73.4 Å². The first-order valence-corrected chi connectivity index (χ1v) is 12.5. The fourth-order valence-corrected chi connectivity index (χ4v) is 5.30. The van der Waals surface area contributed by atoms with Gasteiger partial charge in [-0.1, -0.05) is 6.92 Å². The third-order valence-corrected chi connectivity index (χ3v) is 7.20. The van der Waals surface area contributed by atoms with Gasteiger partial charge < -0.3 is 20.0 Å². The number of rotatable bonds is 7. The van der Waals surface area contributed by atoms with E-state index in [1.807, 2.05) is 0 Å². The predicted octanol–water partition coefficient (Wildman–Crippen LogP) is 2.92. The molecular weight excluding hydrogens is 388 g/mol. The maximum Gasteiger partial charge on any atom is 0.223 e. The standard InChI is InChI=1S/C24H40N6O/c1-20-7-5-13-28(19-20)14-6-12-25-24(31)21-10-17-30(18-11-21)23-9-8-22(26-27-23)29-15-3-2-4-16-29/h8-9,20-21H,2-7,10-19H2,1H3,(H,25,31)/t20-/m1/s1. The van der Waals surface area contributed by atoms with Gasteiger partial charge in [0.2, 0.25) is 5.91 Å². The molecule has 1 amide bonds. The van der Waals surface area contributed by atoms with Crippen LogP contribution in [0.15, 0.2) is 12.1 Å². The number of carbonyl (C=O) groups excluding carboxylic acids is 1. The Morgan fingerprint density at radius 1 is 0.935 bits per heavy atom. The summed E-state index contributed by atoms with van der Waals surface area (Å²) in [6, 6.07) is 4.20. The smallest absolute Gasteiger partial charge is 0.223 e. The van der Waals surface area contributed by atoms with E-state index in [0.29, 0.717) is 0 Å². The normalized spacial score (nSPS) is 23.7. The topological polar surface area (TPSA) is 64.6 Å². The molecule has 31 heavy (non-hydrogen) atoms. The van der Waals surface area contributed by atoms with Gasteiger partial charge in [0.1, 0.15) is 0 Å². The van der Waals surface area contributed by atoms with Gasteiger partial charge in [-0.3, -0.25) is 4.79 Å². The molecule has 0 aromatic carbocycles. The van der Waals surface area contributed by atoms with E-state index < -0.39 is 0 Å². The molecule has 1 aromatic heterocycles. The van der Waals surface area contributed by atoms with Crippen molar-refractivity contribution in [1.82, 2.24) is 20.4 Å². The molecule has 4 rings (SSSR count). The van der Waals surface area contributed by atoms with Gasteiger partial charge in [-0.05, 0) is 82.5 Å². The Labute approximate surface area is 187 Å². The van der Waals surface area contributed by atoms with Crippen LogP contribution in [0.5, 0.6) is 0 Å².